The van der Waals surface area contributed by atoms with Gasteiger partial charge in [-0.1, -0.05) is 30.3 Å². The summed E-state index contributed by atoms with van der Waals surface area (Å²) in [6, 6.07) is 17.4. The minimum absolute atomic E-state index is 0.0795. The number of hydrogen-bond acceptors (Lipinski definition) is 4. The number of thioether (sulfide) groups is 1. The van der Waals surface area contributed by atoms with Gasteiger partial charge in [0, 0.05) is 5.56 Å². The first-order valence-electron chi connectivity index (χ1n) is 10.3. The number of nitrogens with one attached hydrogen (secondary N) is 1. The standard InChI is InChI=1S/C25H26N2O3S/c1-16-6-7-21(13-17(16)2)18(3)26-24(29)19-8-10-20(11-9-19)25-27(23(28)15-31-25)14-22-5-4-12-30-22/h4-13,18,25H,14-15H2,1-3H3,(H,26,29)/t18-,25+/m1/s1. The molecule has 0 saturated carbocycles. The van der Waals surface area contributed by atoms with Crippen LogP contribution in [0.4, 0.5) is 0 Å². The maximum absolute atomic E-state index is 12.7. The fourth-order valence-electron chi connectivity index (χ4n) is 3.67. The number of carbonyl (C=O) groups is 2. The lowest BCUT2D eigenvalue weighted by molar-refractivity contribution is -0.128. The number of benzene rings is 2. The Kier molecular flexibility index (Phi) is 6.18. The van der Waals surface area contributed by atoms with Gasteiger partial charge in [0.2, 0.25) is 5.91 Å². The van der Waals surface area contributed by atoms with E-state index in [0.29, 0.717) is 17.9 Å². The Bertz CT molecular complexity index is 1080. The summed E-state index contributed by atoms with van der Waals surface area (Å²) in [6.45, 7) is 6.59. The number of aryl methyl sites for hydroxylation is 2. The Hall–Kier alpha value is -2.99. The molecular weight excluding hydrogens is 408 g/mol. The smallest absolute Gasteiger partial charge is 0.251 e. The minimum Gasteiger partial charge on any atom is -0.467 e. The summed E-state index contributed by atoms with van der Waals surface area (Å²) < 4.78 is 5.41. The van der Waals surface area contributed by atoms with Gasteiger partial charge in [-0.2, -0.15) is 0 Å². The quantitative estimate of drug-likeness (QED) is 0.582. The summed E-state index contributed by atoms with van der Waals surface area (Å²) in [7, 11) is 0. The third-order valence-electron chi connectivity index (χ3n) is 5.71. The van der Waals surface area contributed by atoms with Gasteiger partial charge in [0.15, 0.2) is 0 Å². The van der Waals surface area contributed by atoms with Crippen LogP contribution < -0.4 is 5.32 Å². The van der Waals surface area contributed by atoms with Crippen LogP contribution in [0, 0.1) is 13.8 Å². The zero-order valence-corrected chi connectivity index (χ0v) is 18.7. The van der Waals surface area contributed by atoms with Crippen molar-refractivity contribution in [2.75, 3.05) is 5.75 Å². The van der Waals surface area contributed by atoms with Crippen LogP contribution in [0.2, 0.25) is 0 Å². The molecule has 0 aliphatic carbocycles. The van der Waals surface area contributed by atoms with Gasteiger partial charge in [0.05, 0.1) is 24.6 Å². The van der Waals surface area contributed by atoms with Gasteiger partial charge in [0.1, 0.15) is 11.1 Å². The molecule has 2 amide bonds. The average Bonchev–Trinajstić information content (AvgIpc) is 3.41. The number of nitrogens with zero attached hydrogens (tertiary/aromatic N) is 1. The Balaban J connectivity index is 1.44. The molecule has 1 saturated heterocycles. The first-order chi connectivity index (χ1) is 14.9. The van der Waals surface area contributed by atoms with E-state index in [4.69, 9.17) is 4.42 Å². The molecule has 1 fully saturated rings. The minimum atomic E-state index is -0.111. The van der Waals surface area contributed by atoms with Crippen LogP contribution in [0.25, 0.3) is 0 Å². The molecule has 0 spiro atoms. The summed E-state index contributed by atoms with van der Waals surface area (Å²) >= 11 is 1.59. The molecule has 160 valence electrons. The van der Waals surface area contributed by atoms with E-state index in [0.717, 1.165) is 16.9 Å². The molecule has 2 atom stereocenters. The third-order valence-corrected chi connectivity index (χ3v) is 6.97. The second kappa shape index (κ2) is 9.02. The van der Waals surface area contributed by atoms with Crippen molar-refractivity contribution in [3.05, 3.63) is 94.4 Å². The first-order valence-corrected chi connectivity index (χ1v) is 11.4. The Labute approximate surface area is 186 Å². The molecule has 1 N–H and O–H groups in total. The molecule has 0 radical (unpaired) electrons. The molecule has 0 bridgehead atoms. The molecule has 2 heterocycles. The van der Waals surface area contributed by atoms with Crippen LogP contribution in [0.3, 0.4) is 0 Å². The predicted molar refractivity (Wildman–Crippen MR) is 123 cm³/mol. The maximum Gasteiger partial charge on any atom is 0.251 e. The van der Waals surface area contributed by atoms with Crippen molar-refractivity contribution in [2.24, 2.45) is 0 Å². The van der Waals surface area contributed by atoms with Crippen molar-refractivity contribution >= 4 is 23.6 Å². The topological polar surface area (TPSA) is 62.6 Å². The Morgan fingerprint density at radius 2 is 1.94 bits per heavy atom. The lowest BCUT2D eigenvalue weighted by Gasteiger charge is -2.23. The van der Waals surface area contributed by atoms with Gasteiger partial charge in [-0.3, -0.25) is 9.59 Å². The molecule has 4 rings (SSSR count). The fourth-order valence-corrected chi connectivity index (χ4v) is 4.86. The van der Waals surface area contributed by atoms with Gasteiger partial charge in [-0.05, 0) is 67.3 Å². The van der Waals surface area contributed by atoms with E-state index in [9.17, 15) is 9.59 Å². The average molecular weight is 435 g/mol. The van der Waals surface area contributed by atoms with E-state index in [1.807, 2.05) is 48.2 Å². The van der Waals surface area contributed by atoms with Gasteiger partial charge >= 0.3 is 0 Å². The summed E-state index contributed by atoms with van der Waals surface area (Å²) in [5.41, 5.74) is 5.14. The van der Waals surface area contributed by atoms with Gasteiger partial charge in [-0.15, -0.1) is 11.8 Å². The lowest BCUT2D eigenvalue weighted by atomic mass is 10.0. The molecule has 31 heavy (non-hydrogen) atoms. The highest BCUT2D eigenvalue weighted by molar-refractivity contribution is 8.00. The summed E-state index contributed by atoms with van der Waals surface area (Å²) in [6.07, 6.45) is 1.62. The largest absolute Gasteiger partial charge is 0.467 e. The highest BCUT2D eigenvalue weighted by Crippen LogP contribution is 2.39. The SMILES string of the molecule is Cc1ccc([C@@H](C)NC(=O)c2ccc([C@@H]3SCC(=O)N3Cc3ccco3)cc2)cc1C. The lowest BCUT2D eigenvalue weighted by Crippen LogP contribution is -2.28. The predicted octanol–water partition coefficient (Wildman–Crippen LogP) is 5.16. The zero-order valence-electron chi connectivity index (χ0n) is 17.9. The molecular formula is C25H26N2O3S. The maximum atomic E-state index is 12.7. The van der Waals surface area contributed by atoms with Crippen LogP contribution in [0.5, 0.6) is 0 Å². The monoisotopic (exact) mass is 434 g/mol. The first kappa shape index (κ1) is 21.2. The molecule has 6 heteroatoms. The Morgan fingerprint density at radius 1 is 1.16 bits per heavy atom. The van der Waals surface area contributed by atoms with Crippen molar-refractivity contribution in [1.82, 2.24) is 10.2 Å². The highest BCUT2D eigenvalue weighted by atomic mass is 32.2. The molecule has 1 aliphatic rings. The van der Waals surface area contributed by atoms with Crippen LogP contribution in [-0.4, -0.2) is 22.5 Å². The van der Waals surface area contributed by atoms with Crippen molar-refractivity contribution in [3.63, 3.8) is 0 Å². The summed E-state index contributed by atoms with van der Waals surface area (Å²) in [4.78, 5) is 26.9. The van der Waals surface area contributed by atoms with E-state index in [2.05, 4.69) is 37.4 Å². The van der Waals surface area contributed by atoms with Crippen LogP contribution in [0.15, 0.2) is 65.3 Å². The number of amides is 2. The number of rotatable bonds is 6. The molecule has 2 aromatic carbocycles. The molecule has 5 nitrogen and oxygen atoms in total. The van der Waals surface area contributed by atoms with Crippen molar-refractivity contribution in [1.29, 1.82) is 0 Å². The van der Waals surface area contributed by atoms with Gasteiger partial charge < -0.3 is 14.6 Å². The molecule has 1 aromatic heterocycles. The Morgan fingerprint density at radius 3 is 2.61 bits per heavy atom. The number of furan rings is 1. The van der Waals surface area contributed by atoms with Crippen molar-refractivity contribution in [2.45, 2.75) is 38.7 Å². The van der Waals surface area contributed by atoms with E-state index < -0.39 is 0 Å². The summed E-state index contributed by atoms with van der Waals surface area (Å²) in [5.74, 6) is 1.19. The molecule has 1 aliphatic heterocycles. The second-order valence-corrected chi connectivity index (χ2v) is 8.99. The van der Waals surface area contributed by atoms with Crippen molar-refractivity contribution < 1.29 is 14.0 Å². The van der Waals surface area contributed by atoms with Crippen molar-refractivity contribution in [3.8, 4) is 0 Å². The third kappa shape index (κ3) is 4.69. The zero-order chi connectivity index (χ0) is 22.0. The fraction of sp³-hybridized carbons (Fsp3) is 0.280. The van der Waals surface area contributed by atoms with Crippen LogP contribution in [-0.2, 0) is 11.3 Å². The highest BCUT2D eigenvalue weighted by Gasteiger charge is 2.33. The van der Waals surface area contributed by atoms with Crippen LogP contribution in [0.1, 0.15) is 56.7 Å². The second-order valence-electron chi connectivity index (χ2n) is 7.93. The number of carbonyl (C=O) groups excluding carboxylic acids is 2. The van der Waals surface area contributed by atoms with E-state index in [1.165, 1.54) is 11.1 Å². The van der Waals surface area contributed by atoms with E-state index in [1.54, 1.807) is 18.0 Å². The number of hydrogen-bond donors (Lipinski definition) is 1. The van der Waals surface area contributed by atoms with E-state index >= 15 is 0 Å². The van der Waals surface area contributed by atoms with Crippen LogP contribution >= 0.6 is 11.8 Å². The van der Waals surface area contributed by atoms with E-state index in [-0.39, 0.29) is 23.2 Å². The van der Waals surface area contributed by atoms with Gasteiger partial charge in [0.25, 0.3) is 5.91 Å². The molecule has 3 aromatic rings. The summed E-state index contributed by atoms with van der Waals surface area (Å²) in [5, 5.41) is 2.99. The van der Waals surface area contributed by atoms with Gasteiger partial charge in [-0.25, -0.2) is 0 Å². The normalized spacial score (nSPS) is 17.1. The molecule has 0 unspecified atom stereocenters.